The van der Waals surface area contributed by atoms with E-state index >= 15 is 0 Å². The van der Waals surface area contributed by atoms with Crippen LogP contribution in [0, 0.1) is 0 Å². The van der Waals surface area contributed by atoms with Gasteiger partial charge in [-0.3, -0.25) is 0 Å². The van der Waals surface area contributed by atoms with Crippen LogP contribution in [0.1, 0.15) is 9.67 Å². The lowest BCUT2D eigenvalue weighted by Gasteiger charge is -2.25. The number of thiophene rings is 1. The number of sulfonamides is 1. The largest absolute Gasteiger partial charge is 0.421 e. The Kier molecular flexibility index (Phi) is 5.21. The van der Waals surface area contributed by atoms with Crippen LogP contribution in [0.15, 0.2) is 40.6 Å². The minimum atomic E-state index is -3.63. The maximum absolute atomic E-state index is 12.5. The van der Waals surface area contributed by atoms with E-state index in [9.17, 15) is 13.2 Å². The predicted octanol–water partition coefficient (Wildman–Crippen LogP) is 2.64. The van der Waals surface area contributed by atoms with Gasteiger partial charge in [0, 0.05) is 18.5 Å². The van der Waals surface area contributed by atoms with Crippen LogP contribution < -0.4 is 4.74 Å². The quantitative estimate of drug-likeness (QED) is 0.595. The van der Waals surface area contributed by atoms with Crippen LogP contribution in [0.2, 0.25) is 5.02 Å². The molecule has 0 bridgehead atoms. The third-order valence-electron chi connectivity index (χ3n) is 3.42. The second kappa shape index (κ2) is 7.20. The zero-order valence-electron chi connectivity index (χ0n) is 12.5. The molecule has 1 aromatic heterocycles. The first-order chi connectivity index (χ1) is 11.5. The topological polar surface area (TPSA) is 72.9 Å². The van der Waals surface area contributed by atoms with Crippen LogP contribution in [0.25, 0.3) is 0 Å². The van der Waals surface area contributed by atoms with Gasteiger partial charge in [0.1, 0.15) is 10.6 Å². The average Bonchev–Trinajstić information content (AvgIpc) is 3.09. The number of hydrogen-bond acceptors (Lipinski definition) is 6. The summed E-state index contributed by atoms with van der Waals surface area (Å²) in [7, 11) is -3.63. The summed E-state index contributed by atoms with van der Waals surface area (Å²) in [5.41, 5.74) is 0. The van der Waals surface area contributed by atoms with Gasteiger partial charge in [-0.05, 0) is 18.2 Å². The molecule has 24 heavy (non-hydrogen) atoms. The number of carbonyl (C=O) groups is 1. The van der Waals surface area contributed by atoms with Gasteiger partial charge in [-0.2, -0.15) is 4.31 Å². The number of morpholine rings is 1. The minimum Gasteiger partial charge on any atom is -0.421 e. The summed E-state index contributed by atoms with van der Waals surface area (Å²) >= 11 is 6.97. The van der Waals surface area contributed by atoms with Gasteiger partial charge in [0.25, 0.3) is 0 Å². The average molecular weight is 388 g/mol. The highest BCUT2D eigenvalue weighted by molar-refractivity contribution is 7.89. The summed E-state index contributed by atoms with van der Waals surface area (Å²) in [5, 5.41) is 1.75. The van der Waals surface area contributed by atoms with Crippen molar-refractivity contribution in [1.82, 2.24) is 4.31 Å². The van der Waals surface area contributed by atoms with Gasteiger partial charge in [0.15, 0.2) is 0 Å². The Morgan fingerprint density at radius 1 is 1.25 bits per heavy atom. The number of benzene rings is 1. The summed E-state index contributed by atoms with van der Waals surface area (Å²) in [5.74, 6) is -0.410. The monoisotopic (exact) mass is 387 g/mol. The maximum Gasteiger partial charge on any atom is 0.353 e. The van der Waals surface area contributed by atoms with Crippen molar-refractivity contribution in [2.75, 3.05) is 26.3 Å². The van der Waals surface area contributed by atoms with E-state index in [4.69, 9.17) is 21.1 Å². The van der Waals surface area contributed by atoms with E-state index in [0.29, 0.717) is 31.3 Å². The molecule has 0 spiro atoms. The number of para-hydroxylation sites is 1. The molecule has 0 amide bonds. The summed E-state index contributed by atoms with van der Waals surface area (Å²) in [6.07, 6.45) is 0. The van der Waals surface area contributed by atoms with Crippen molar-refractivity contribution in [2.24, 2.45) is 0 Å². The van der Waals surface area contributed by atoms with Crippen LogP contribution in [0.4, 0.5) is 0 Å². The smallest absolute Gasteiger partial charge is 0.353 e. The lowest BCUT2D eigenvalue weighted by molar-refractivity contribution is 0.0729. The molecule has 1 fully saturated rings. The van der Waals surface area contributed by atoms with Crippen LogP contribution in [0.5, 0.6) is 5.75 Å². The molecule has 0 radical (unpaired) electrons. The van der Waals surface area contributed by atoms with Gasteiger partial charge < -0.3 is 9.47 Å². The number of nitrogens with zero attached hydrogens (tertiary/aromatic N) is 1. The first kappa shape index (κ1) is 17.4. The number of ether oxygens (including phenoxy) is 2. The van der Waals surface area contributed by atoms with Crippen molar-refractivity contribution < 1.29 is 22.7 Å². The Morgan fingerprint density at radius 3 is 2.67 bits per heavy atom. The van der Waals surface area contributed by atoms with E-state index in [1.54, 1.807) is 24.3 Å². The molecule has 1 saturated heterocycles. The Morgan fingerprint density at radius 2 is 1.96 bits per heavy atom. The molecule has 1 aliphatic rings. The van der Waals surface area contributed by atoms with Gasteiger partial charge in [-0.25, -0.2) is 13.2 Å². The lowest BCUT2D eigenvalue weighted by Crippen LogP contribution is -2.40. The van der Waals surface area contributed by atoms with Gasteiger partial charge in [0.2, 0.25) is 10.0 Å². The van der Waals surface area contributed by atoms with Crippen molar-refractivity contribution in [3.05, 3.63) is 45.6 Å². The predicted molar refractivity (Wildman–Crippen MR) is 90.3 cm³/mol. The number of esters is 1. The molecule has 128 valence electrons. The third kappa shape index (κ3) is 3.62. The highest BCUT2D eigenvalue weighted by Crippen LogP contribution is 2.27. The number of rotatable bonds is 4. The Labute approximate surface area is 148 Å². The van der Waals surface area contributed by atoms with Crippen LogP contribution in [-0.4, -0.2) is 45.0 Å². The standard InChI is InChI=1S/C15H14ClNO5S2/c16-12-3-1-2-4-13(12)22-15(18)14-9-11(10-23-14)24(19,20)17-5-7-21-8-6-17/h1-4,9-10H,5-8H2. The summed E-state index contributed by atoms with van der Waals surface area (Å²) in [6.45, 7) is 1.34. The molecule has 3 rings (SSSR count). The molecule has 0 N–H and O–H groups in total. The maximum atomic E-state index is 12.5. The molecule has 2 heterocycles. The Balaban J connectivity index is 1.77. The van der Waals surface area contributed by atoms with E-state index in [-0.39, 0.29) is 15.5 Å². The van der Waals surface area contributed by atoms with Gasteiger partial charge in [0.05, 0.1) is 23.1 Å². The molecule has 0 aliphatic carbocycles. The van der Waals surface area contributed by atoms with E-state index in [1.807, 2.05) is 0 Å². The first-order valence-electron chi connectivity index (χ1n) is 7.11. The van der Waals surface area contributed by atoms with E-state index < -0.39 is 16.0 Å². The van der Waals surface area contributed by atoms with Crippen molar-refractivity contribution in [2.45, 2.75) is 4.90 Å². The fourth-order valence-corrected chi connectivity index (χ4v) is 4.89. The SMILES string of the molecule is O=C(Oc1ccccc1Cl)c1cc(S(=O)(=O)N2CCOCC2)cs1. The van der Waals surface area contributed by atoms with E-state index in [0.717, 1.165) is 11.3 Å². The molecule has 9 heteroatoms. The van der Waals surface area contributed by atoms with Crippen LogP contribution >= 0.6 is 22.9 Å². The minimum absolute atomic E-state index is 0.0838. The van der Waals surface area contributed by atoms with Crippen molar-refractivity contribution in [3.63, 3.8) is 0 Å². The summed E-state index contributed by atoms with van der Waals surface area (Å²) in [6, 6.07) is 7.91. The molecule has 2 aromatic rings. The molecule has 0 atom stereocenters. The number of carbonyl (C=O) groups excluding carboxylic acids is 1. The highest BCUT2D eigenvalue weighted by Gasteiger charge is 2.28. The molecular formula is C15H14ClNO5S2. The summed E-state index contributed by atoms with van der Waals surface area (Å²) < 4.78 is 36.8. The first-order valence-corrected chi connectivity index (χ1v) is 9.81. The zero-order valence-corrected chi connectivity index (χ0v) is 14.9. The Bertz CT molecular complexity index is 843. The van der Waals surface area contributed by atoms with Crippen molar-refractivity contribution in [1.29, 1.82) is 0 Å². The molecule has 0 saturated carbocycles. The van der Waals surface area contributed by atoms with Gasteiger partial charge >= 0.3 is 5.97 Å². The van der Waals surface area contributed by atoms with Crippen molar-refractivity contribution in [3.8, 4) is 5.75 Å². The highest BCUT2D eigenvalue weighted by atomic mass is 35.5. The normalized spacial score (nSPS) is 16.0. The number of hydrogen-bond donors (Lipinski definition) is 0. The molecule has 1 aromatic carbocycles. The van der Waals surface area contributed by atoms with Crippen LogP contribution in [-0.2, 0) is 14.8 Å². The second-order valence-corrected chi connectivity index (χ2v) is 8.24. The van der Waals surface area contributed by atoms with Crippen molar-refractivity contribution >= 4 is 38.9 Å². The van der Waals surface area contributed by atoms with E-state index in [2.05, 4.69) is 0 Å². The van der Waals surface area contributed by atoms with E-state index in [1.165, 1.54) is 15.8 Å². The van der Waals surface area contributed by atoms with Gasteiger partial charge in [-0.15, -0.1) is 11.3 Å². The van der Waals surface area contributed by atoms with Gasteiger partial charge in [-0.1, -0.05) is 23.7 Å². The van der Waals surface area contributed by atoms with Crippen LogP contribution in [0.3, 0.4) is 0 Å². The third-order valence-corrected chi connectivity index (χ3v) is 6.67. The molecule has 0 unspecified atom stereocenters. The summed E-state index contributed by atoms with van der Waals surface area (Å²) in [4.78, 5) is 12.5. The Hall–Kier alpha value is -1.45. The molecule has 1 aliphatic heterocycles. The zero-order chi connectivity index (χ0) is 17.2. The molecule has 6 nitrogen and oxygen atoms in total. The number of halogens is 1. The lowest BCUT2D eigenvalue weighted by atomic mass is 10.3. The fraction of sp³-hybridized carbons (Fsp3) is 0.267. The fourth-order valence-electron chi connectivity index (χ4n) is 2.17. The second-order valence-electron chi connectivity index (χ2n) is 4.98. The molecular weight excluding hydrogens is 374 g/mol.